The first-order valence-electron chi connectivity index (χ1n) is 5.84. The number of amides is 1. The number of nitrogens with two attached hydrogens (primary N) is 1. The third-order valence-corrected chi connectivity index (χ3v) is 3.39. The summed E-state index contributed by atoms with van der Waals surface area (Å²) in [5.74, 6) is -0.258. The van der Waals surface area contributed by atoms with Gasteiger partial charge in [0.15, 0.2) is 5.84 Å². The van der Waals surface area contributed by atoms with E-state index in [1.54, 1.807) is 6.92 Å². The second-order valence-corrected chi connectivity index (χ2v) is 4.62. The highest BCUT2D eigenvalue weighted by molar-refractivity contribution is 6.01. The van der Waals surface area contributed by atoms with Gasteiger partial charge in [0.2, 0.25) is 5.91 Å². The summed E-state index contributed by atoms with van der Waals surface area (Å²) < 4.78 is 0. The standard InChI is InChI=1S/C11H21N3O2/c1-7-5-3-4-6-9(7)13-11(15)8(2)10(12)14-16/h7-9,16H,3-6H2,1-2H3,(H2,12,14)(H,13,15). The third-order valence-electron chi connectivity index (χ3n) is 3.39. The zero-order chi connectivity index (χ0) is 12.1. The Labute approximate surface area is 96.1 Å². The van der Waals surface area contributed by atoms with Gasteiger partial charge in [0.05, 0.1) is 5.92 Å². The molecule has 16 heavy (non-hydrogen) atoms. The number of hydrogen-bond acceptors (Lipinski definition) is 3. The van der Waals surface area contributed by atoms with E-state index in [0.717, 1.165) is 19.3 Å². The molecule has 0 spiro atoms. The number of carbonyl (C=O) groups excluding carboxylic acids is 1. The van der Waals surface area contributed by atoms with Crippen LogP contribution in [0.15, 0.2) is 5.16 Å². The fraction of sp³-hybridized carbons (Fsp3) is 0.818. The Balaban J connectivity index is 2.50. The first-order chi connectivity index (χ1) is 7.56. The van der Waals surface area contributed by atoms with Crippen LogP contribution in [0.1, 0.15) is 39.5 Å². The molecule has 1 aliphatic rings. The van der Waals surface area contributed by atoms with Gasteiger partial charge in [-0.2, -0.15) is 0 Å². The largest absolute Gasteiger partial charge is 0.409 e. The summed E-state index contributed by atoms with van der Waals surface area (Å²) in [7, 11) is 0. The molecular weight excluding hydrogens is 206 g/mol. The highest BCUT2D eigenvalue weighted by Gasteiger charge is 2.26. The van der Waals surface area contributed by atoms with Crippen molar-refractivity contribution in [3.05, 3.63) is 0 Å². The molecule has 1 saturated carbocycles. The van der Waals surface area contributed by atoms with Crippen molar-refractivity contribution in [1.82, 2.24) is 5.32 Å². The molecule has 3 unspecified atom stereocenters. The van der Waals surface area contributed by atoms with Crippen molar-refractivity contribution in [2.24, 2.45) is 22.7 Å². The summed E-state index contributed by atoms with van der Waals surface area (Å²) in [6.45, 7) is 3.79. The van der Waals surface area contributed by atoms with E-state index in [1.807, 2.05) is 0 Å². The van der Waals surface area contributed by atoms with Gasteiger partial charge >= 0.3 is 0 Å². The lowest BCUT2D eigenvalue weighted by Gasteiger charge is -2.30. The summed E-state index contributed by atoms with van der Waals surface area (Å²) in [5.41, 5.74) is 5.40. The van der Waals surface area contributed by atoms with Crippen molar-refractivity contribution < 1.29 is 10.0 Å². The molecular formula is C11H21N3O2. The molecule has 0 bridgehead atoms. The Morgan fingerprint density at radius 1 is 1.50 bits per heavy atom. The Bertz CT molecular complexity index is 278. The fourth-order valence-corrected chi connectivity index (χ4v) is 2.06. The molecule has 5 heteroatoms. The van der Waals surface area contributed by atoms with Crippen molar-refractivity contribution >= 4 is 11.7 Å². The third kappa shape index (κ3) is 3.12. The van der Waals surface area contributed by atoms with Crippen LogP contribution in [0.4, 0.5) is 0 Å². The number of hydrogen-bond donors (Lipinski definition) is 3. The lowest BCUT2D eigenvalue weighted by molar-refractivity contribution is -0.124. The van der Waals surface area contributed by atoms with Gasteiger partial charge in [-0.25, -0.2) is 0 Å². The molecule has 3 atom stereocenters. The van der Waals surface area contributed by atoms with Crippen LogP contribution in [0, 0.1) is 11.8 Å². The summed E-state index contributed by atoms with van der Waals surface area (Å²) in [4.78, 5) is 11.8. The van der Waals surface area contributed by atoms with Crippen molar-refractivity contribution in [2.75, 3.05) is 0 Å². The van der Waals surface area contributed by atoms with E-state index >= 15 is 0 Å². The van der Waals surface area contributed by atoms with Gasteiger partial charge in [-0.05, 0) is 25.7 Å². The molecule has 0 saturated heterocycles. The minimum atomic E-state index is -0.570. The minimum Gasteiger partial charge on any atom is -0.409 e. The Morgan fingerprint density at radius 3 is 2.69 bits per heavy atom. The van der Waals surface area contributed by atoms with Crippen LogP contribution in [0.25, 0.3) is 0 Å². The average molecular weight is 227 g/mol. The number of oxime groups is 1. The summed E-state index contributed by atoms with van der Waals surface area (Å²) >= 11 is 0. The van der Waals surface area contributed by atoms with Gasteiger partial charge < -0.3 is 16.3 Å². The van der Waals surface area contributed by atoms with Gasteiger partial charge in [0.1, 0.15) is 0 Å². The van der Waals surface area contributed by atoms with Gasteiger partial charge in [-0.1, -0.05) is 24.9 Å². The van der Waals surface area contributed by atoms with E-state index in [2.05, 4.69) is 17.4 Å². The lowest BCUT2D eigenvalue weighted by atomic mass is 9.85. The van der Waals surface area contributed by atoms with Crippen molar-refractivity contribution in [2.45, 2.75) is 45.6 Å². The van der Waals surface area contributed by atoms with Gasteiger partial charge in [-0.15, -0.1) is 0 Å². The average Bonchev–Trinajstić information content (AvgIpc) is 2.30. The van der Waals surface area contributed by atoms with Crippen molar-refractivity contribution in [3.63, 3.8) is 0 Å². The first-order valence-corrected chi connectivity index (χ1v) is 5.84. The normalized spacial score (nSPS) is 28.5. The van der Waals surface area contributed by atoms with E-state index in [9.17, 15) is 4.79 Å². The predicted octanol–water partition coefficient (Wildman–Crippen LogP) is 1.06. The number of amidine groups is 1. The number of nitrogens with one attached hydrogen (secondary N) is 1. The Kier molecular flexibility index (Phi) is 4.58. The first kappa shape index (κ1) is 12.8. The van der Waals surface area contributed by atoms with Crippen LogP contribution in [0.2, 0.25) is 0 Å². The van der Waals surface area contributed by atoms with Crippen LogP contribution in [0.3, 0.4) is 0 Å². The summed E-state index contributed by atoms with van der Waals surface area (Å²) in [5, 5.41) is 14.3. The number of rotatable bonds is 3. The zero-order valence-electron chi connectivity index (χ0n) is 9.94. The van der Waals surface area contributed by atoms with Gasteiger partial charge in [-0.3, -0.25) is 4.79 Å². The van der Waals surface area contributed by atoms with E-state index in [-0.39, 0.29) is 17.8 Å². The van der Waals surface area contributed by atoms with Crippen LogP contribution in [0.5, 0.6) is 0 Å². The summed E-state index contributed by atoms with van der Waals surface area (Å²) in [6, 6.07) is 0.232. The van der Waals surface area contributed by atoms with E-state index in [4.69, 9.17) is 10.9 Å². The zero-order valence-corrected chi connectivity index (χ0v) is 9.94. The SMILES string of the molecule is CC(C(=O)NC1CCCCC1C)C(N)=NO. The minimum absolute atomic E-state index is 0.0408. The molecule has 1 aliphatic carbocycles. The van der Waals surface area contributed by atoms with E-state index in [0.29, 0.717) is 5.92 Å². The van der Waals surface area contributed by atoms with E-state index < -0.39 is 5.92 Å². The van der Waals surface area contributed by atoms with Crippen LogP contribution in [-0.2, 0) is 4.79 Å². The molecule has 1 fully saturated rings. The van der Waals surface area contributed by atoms with Crippen LogP contribution >= 0.6 is 0 Å². The van der Waals surface area contributed by atoms with Gasteiger partial charge in [0.25, 0.3) is 0 Å². The van der Waals surface area contributed by atoms with Crippen molar-refractivity contribution in [1.29, 1.82) is 0 Å². The van der Waals surface area contributed by atoms with Crippen LogP contribution in [-0.4, -0.2) is 23.0 Å². The molecule has 5 nitrogen and oxygen atoms in total. The molecule has 1 amide bonds. The Morgan fingerprint density at radius 2 is 2.12 bits per heavy atom. The molecule has 0 aromatic rings. The van der Waals surface area contributed by atoms with E-state index in [1.165, 1.54) is 6.42 Å². The molecule has 0 aromatic carbocycles. The molecule has 0 aromatic heterocycles. The van der Waals surface area contributed by atoms with Gasteiger partial charge in [0, 0.05) is 6.04 Å². The predicted molar refractivity (Wildman–Crippen MR) is 62.1 cm³/mol. The smallest absolute Gasteiger partial charge is 0.230 e. The Hall–Kier alpha value is -1.26. The second kappa shape index (κ2) is 5.72. The highest BCUT2D eigenvalue weighted by atomic mass is 16.4. The molecule has 0 radical (unpaired) electrons. The quantitative estimate of drug-likeness (QED) is 0.291. The summed E-state index contributed by atoms with van der Waals surface area (Å²) in [6.07, 6.45) is 4.58. The maximum absolute atomic E-state index is 11.8. The maximum atomic E-state index is 11.8. The lowest BCUT2D eigenvalue weighted by Crippen LogP contribution is -2.46. The van der Waals surface area contributed by atoms with Crippen LogP contribution < -0.4 is 11.1 Å². The fourth-order valence-electron chi connectivity index (χ4n) is 2.06. The van der Waals surface area contributed by atoms with Crippen molar-refractivity contribution in [3.8, 4) is 0 Å². The molecule has 0 aliphatic heterocycles. The number of nitrogens with zero attached hydrogens (tertiary/aromatic N) is 1. The number of carbonyl (C=O) groups is 1. The highest BCUT2D eigenvalue weighted by Crippen LogP contribution is 2.23. The second-order valence-electron chi connectivity index (χ2n) is 4.62. The molecule has 0 heterocycles. The maximum Gasteiger partial charge on any atom is 0.230 e. The molecule has 4 N–H and O–H groups in total. The molecule has 92 valence electrons. The topological polar surface area (TPSA) is 87.7 Å². The molecule has 1 rings (SSSR count). The monoisotopic (exact) mass is 227 g/mol.